The molecule has 130 valence electrons. The lowest BCUT2D eigenvalue weighted by atomic mass is 9.94. The number of rotatable bonds is 5. The predicted octanol–water partition coefficient (Wildman–Crippen LogP) is 3.72. The van der Waals surface area contributed by atoms with Crippen molar-refractivity contribution in [1.29, 1.82) is 0 Å². The molecule has 2 aromatic rings. The maximum Gasteiger partial charge on any atom is 0.268 e. The molecule has 1 saturated carbocycles. The Kier molecular flexibility index (Phi) is 4.35. The fourth-order valence-electron chi connectivity index (χ4n) is 2.69. The van der Waals surface area contributed by atoms with Crippen molar-refractivity contribution in [2.24, 2.45) is 10.7 Å². The number of nitrogens with one attached hydrogen (secondary N) is 1. The van der Waals surface area contributed by atoms with E-state index in [0.717, 1.165) is 5.69 Å². The molecule has 1 fully saturated rings. The monoisotopic (exact) mass is 343 g/mol. The van der Waals surface area contributed by atoms with Gasteiger partial charge in [0.1, 0.15) is 11.3 Å². The summed E-state index contributed by atoms with van der Waals surface area (Å²) in [6.07, 6.45) is 2.32. The van der Waals surface area contributed by atoms with Crippen LogP contribution in [-0.2, 0) is 10.2 Å². The third-order valence-corrected chi connectivity index (χ3v) is 4.13. The number of halogens is 2. The Morgan fingerprint density at radius 3 is 2.24 bits per heavy atom. The highest BCUT2D eigenvalue weighted by Crippen LogP contribution is 2.62. The van der Waals surface area contributed by atoms with Gasteiger partial charge < -0.3 is 11.1 Å². The summed E-state index contributed by atoms with van der Waals surface area (Å²) in [6, 6.07) is 17.3. The molecule has 0 heterocycles. The molecule has 0 radical (unpaired) electrons. The van der Waals surface area contributed by atoms with Gasteiger partial charge in [0, 0.05) is 19.7 Å². The lowest BCUT2D eigenvalue weighted by molar-refractivity contribution is -0.122. The molecular weight excluding hydrogens is 324 g/mol. The summed E-state index contributed by atoms with van der Waals surface area (Å²) in [5, 5.41) is 2.95. The number of aliphatic imine (C=N–C) groups is 1. The number of amides is 1. The minimum absolute atomic E-state index is 0. The summed E-state index contributed by atoms with van der Waals surface area (Å²) >= 11 is 0. The number of hydrogen-bond donors (Lipinski definition) is 2. The highest BCUT2D eigenvalue weighted by Gasteiger charge is 2.76. The Balaban J connectivity index is 0.00000243. The number of nitrogens with zero attached hydrogens (tertiary/aromatic N) is 1. The van der Waals surface area contributed by atoms with Crippen molar-refractivity contribution in [2.45, 2.75) is 17.8 Å². The average molecular weight is 343 g/mol. The third-order valence-electron chi connectivity index (χ3n) is 4.13. The first-order chi connectivity index (χ1) is 12.0. The number of carbonyl (C=O) groups excluding carboxylic acids is 1. The molecule has 0 saturated heterocycles. The molecule has 3 N–H and O–H groups in total. The number of carbonyl (C=O) groups is 1. The van der Waals surface area contributed by atoms with Crippen molar-refractivity contribution >= 4 is 17.4 Å². The van der Waals surface area contributed by atoms with Crippen molar-refractivity contribution < 1.29 is 15.0 Å². The topological polar surface area (TPSA) is 67.5 Å². The summed E-state index contributed by atoms with van der Waals surface area (Å²) < 4.78 is 27.9. The summed E-state index contributed by atoms with van der Waals surface area (Å²) in [6.45, 7) is 0. The van der Waals surface area contributed by atoms with Gasteiger partial charge in [0.05, 0.1) is 0 Å². The molecule has 0 bridgehead atoms. The number of benzene rings is 2. The van der Waals surface area contributed by atoms with Crippen LogP contribution in [0.2, 0.25) is 0 Å². The Bertz CT molecular complexity index is 825. The summed E-state index contributed by atoms with van der Waals surface area (Å²) in [4.78, 5) is 16.0. The van der Waals surface area contributed by atoms with E-state index in [1.807, 2.05) is 30.3 Å². The van der Waals surface area contributed by atoms with Gasteiger partial charge in [0.25, 0.3) is 11.8 Å². The molecule has 25 heavy (non-hydrogen) atoms. The minimum Gasteiger partial charge on any atom is -0.384 e. The molecule has 0 unspecified atom stereocenters. The highest BCUT2D eigenvalue weighted by molar-refractivity contribution is 6.05. The van der Waals surface area contributed by atoms with E-state index in [9.17, 15) is 13.6 Å². The normalized spacial score (nSPS) is 21.9. The number of nitrogens with two attached hydrogens (primary N) is 1. The average Bonchev–Trinajstić information content (AvgIpc) is 3.20. The van der Waals surface area contributed by atoms with E-state index in [-0.39, 0.29) is 12.8 Å². The van der Waals surface area contributed by atoms with E-state index >= 15 is 0 Å². The van der Waals surface area contributed by atoms with Crippen LogP contribution in [0.5, 0.6) is 0 Å². The molecule has 4 nitrogen and oxygen atoms in total. The number of anilines is 1. The summed E-state index contributed by atoms with van der Waals surface area (Å²) in [7, 11) is 0. The van der Waals surface area contributed by atoms with E-state index < -0.39 is 23.7 Å². The van der Waals surface area contributed by atoms with E-state index in [1.54, 1.807) is 18.2 Å². The molecule has 0 spiro atoms. The van der Waals surface area contributed by atoms with Crippen LogP contribution in [0.15, 0.2) is 77.9 Å². The van der Waals surface area contributed by atoms with Crippen LogP contribution in [0.1, 0.15) is 13.4 Å². The van der Waals surface area contributed by atoms with Crippen molar-refractivity contribution in [1.82, 2.24) is 0 Å². The smallest absolute Gasteiger partial charge is 0.268 e. The lowest BCUT2D eigenvalue weighted by Gasteiger charge is -2.12. The van der Waals surface area contributed by atoms with Crippen molar-refractivity contribution in [3.8, 4) is 0 Å². The maximum atomic E-state index is 14.0. The zero-order valence-electron chi connectivity index (χ0n) is 13.3. The van der Waals surface area contributed by atoms with Gasteiger partial charge in [-0.25, -0.2) is 8.78 Å². The van der Waals surface area contributed by atoms with E-state index in [1.165, 1.54) is 24.4 Å². The van der Waals surface area contributed by atoms with Gasteiger partial charge in [-0.1, -0.05) is 48.5 Å². The SMILES string of the molecule is NC(/C=C\Nc1ccccc1)=NC(=O)[C@]1(c2ccccc2)CC1(F)F.[HH]. The van der Waals surface area contributed by atoms with Crippen LogP contribution < -0.4 is 11.1 Å². The van der Waals surface area contributed by atoms with Gasteiger partial charge in [0.15, 0.2) is 0 Å². The Morgan fingerprint density at radius 1 is 1.12 bits per heavy atom. The van der Waals surface area contributed by atoms with Crippen LogP contribution >= 0.6 is 0 Å². The van der Waals surface area contributed by atoms with Crippen LogP contribution in [-0.4, -0.2) is 17.7 Å². The minimum atomic E-state index is -3.11. The quantitative estimate of drug-likeness (QED) is 0.642. The van der Waals surface area contributed by atoms with Crippen molar-refractivity contribution in [3.05, 3.63) is 78.5 Å². The van der Waals surface area contributed by atoms with Gasteiger partial charge in [-0.05, 0) is 23.8 Å². The molecule has 1 aliphatic rings. The zero-order chi connectivity index (χ0) is 17.9. The molecule has 1 aliphatic carbocycles. The number of alkyl halides is 2. The van der Waals surface area contributed by atoms with Crippen LogP contribution in [0.4, 0.5) is 14.5 Å². The first-order valence-corrected chi connectivity index (χ1v) is 7.76. The second-order valence-corrected chi connectivity index (χ2v) is 5.84. The fraction of sp³-hybridized carbons (Fsp3) is 0.158. The zero-order valence-corrected chi connectivity index (χ0v) is 13.3. The van der Waals surface area contributed by atoms with Gasteiger partial charge in [-0.2, -0.15) is 4.99 Å². The number of hydrogen-bond acceptors (Lipinski definition) is 2. The van der Waals surface area contributed by atoms with E-state index in [4.69, 9.17) is 5.73 Å². The second-order valence-electron chi connectivity index (χ2n) is 5.84. The molecule has 0 aromatic heterocycles. The van der Waals surface area contributed by atoms with Gasteiger partial charge in [0.2, 0.25) is 0 Å². The fourth-order valence-corrected chi connectivity index (χ4v) is 2.69. The van der Waals surface area contributed by atoms with Gasteiger partial charge in [-0.15, -0.1) is 0 Å². The summed E-state index contributed by atoms with van der Waals surface area (Å²) in [5.74, 6) is -4.17. The van der Waals surface area contributed by atoms with Crippen LogP contribution in [0.3, 0.4) is 0 Å². The van der Waals surface area contributed by atoms with Gasteiger partial charge >= 0.3 is 0 Å². The first kappa shape index (κ1) is 16.8. The first-order valence-electron chi connectivity index (χ1n) is 7.76. The molecule has 6 heteroatoms. The molecule has 3 rings (SSSR count). The molecular formula is C19H19F2N3O. The lowest BCUT2D eigenvalue weighted by Crippen LogP contribution is -2.28. The van der Waals surface area contributed by atoms with Crippen molar-refractivity contribution in [3.63, 3.8) is 0 Å². The highest BCUT2D eigenvalue weighted by atomic mass is 19.3. The van der Waals surface area contributed by atoms with Gasteiger partial charge in [-0.3, -0.25) is 4.79 Å². The predicted molar refractivity (Wildman–Crippen MR) is 95.6 cm³/mol. The second kappa shape index (κ2) is 6.47. The van der Waals surface area contributed by atoms with Crippen LogP contribution in [0.25, 0.3) is 0 Å². The largest absolute Gasteiger partial charge is 0.384 e. The Hall–Kier alpha value is -3.02. The molecule has 2 aromatic carbocycles. The van der Waals surface area contributed by atoms with Crippen LogP contribution in [0, 0.1) is 0 Å². The van der Waals surface area contributed by atoms with Crippen molar-refractivity contribution in [2.75, 3.05) is 5.32 Å². The third kappa shape index (κ3) is 3.28. The number of para-hydroxylation sites is 1. The maximum absolute atomic E-state index is 14.0. The van der Waals surface area contributed by atoms with E-state index in [0.29, 0.717) is 0 Å². The number of amidine groups is 1. The Morgan fingerprint density at radius 2 is 1.68 bits per heavy atom. The molecule has 0 aliphatic heterocycles. The molecule has 1 amide bonds. The standard InChI is InChI=1S/C19H17F2N3O.H2/c20-19(21)13-18(19,14-7-3-1-4-8-14)17(25)24-16(22)11-12-23-15-9-5-2-6-10-15;/h1-12,23H,13H2,(H2,22,24,25);1H/b12-11-;/t18-;/m1./s1. The summed E-state index contributed by atoms with van der Waals surface area (Å²) in [5.41, 5.74) is 4.87. The molecule has 1 atom stereocenters. The Labute approximate surface area is 145 Å². The van der Waals surface area contributed by atoms with E-state index in [2.05, 4.69) is 10.3 Å².